The fourth-order valence-corrected chi connectivity index (χ4v) is 3.35. The summed E-state index contributed by atoms with van der Waals surface area (Å²) >= 11 is 1.85. The third-order valence-electron chi connectivity index (χ3n) is 3.08. The first-order valence-corrected chi connectivity index (χ1v) is 7.35. The van der Waals surface area contributed by atoms with Gasteiger partial charge in [-0.15, -0.1) is 11.8 Å². The van der Waals surface area contributed by atoms with E-state index in [2.05, 4.69) is 35.9 Å². The van der Waals surface area contributed by atoms with Gasteiger partial charge in [0.15, 0.2) is 0 Å². The molecule has 0 aromatic carbocycles. The van der Waals surface area contributed by atoms with Gasteiger partial charge in [0.25, 0.3) is 0 Å². The van der Waals surface area contributed by atoms with Crippen LogP contribution in [0.1, 0.15) is 26.0 Å². The van der Waals surface area contributed by atoms with E-state index >= 15 is 0 Å². The van der Waals surface area contributed by atoms with E-state index in [1.54, 1.807) is 0 Å². The monoisotopic (exact) mass is 259 g/mol. The van der Waals surface area contributed by atoms with Crippen LogP contribution in [0.15, 0.2) is 29.4 Å². The Bertz CT molecular complexity index is 552. The Labute approximate surface area is 111 Å². The Kier molecular flexibility index (Phi) is 3.12. The van der Waals surface area contributed by atoms with E-state index < -0.39 is 0 Å². The predicted octanol–water partition coefficient (Wildman–Crippen LogP) is 3.47. The maximum Gasteiger partial charge on any atom is 0.137 e. The highest BCUT2D eigenvalue weighted by Gasteiger charge is 2.21. The van der Waals surface area contributed by atoms with Crippen LogP contribution < -0.4 is 0 Å². The van der Waals surface area contributed by atoms with Gasteiger partial charge in [-0.25, -0.2) is 4.98 Å². The van der Waals surface area contributed by atoms with Gasteiger partial charge >= 0.3 is 0 Å². The molecular formula is C14H17N3S. The minimum absolute atomic E-state index is 0.476. The van der Waals surface area contributed by atoms with Crippen LogP contribution in [0.25, 0.3) is 11.0 Å². The Hall–Kier alpha value is -1.29. The Morgan fingerprint density at radius 2 is 2.39 bits per heavy atom. The number of thioether (sulfide) groups is 1. The molecular weight excluding hydrogens is 242 g/mol. The van der Waals surface area contributed by atoms with Gasteiger partial charge in [0.2, 0.25) is 0 Å². The molecule has 0 aliphatic carbocycles. The third kappa shape index (κ3) is 2.29. The van der Waals surface area contributed by atoms with E-state index in [-0.39, 0.29) is 0 Å². The van der Waals surface area contributed by atoms with Crippen molar-refractivity contribution < 1.29 is 0 Å². The first-order valence-electron chi connectivity index (χ1n) is 6.37. The summed E-state index contributed by atoms with van der Waals surface area (Å²) in [6.07, 6.45) is 2.99. The van der Waals surface area contributed by atoms with Crippen LogP contribution in [0.2, 0.25) is 0 Å². The molecule has 1 unspecified atom stereocenters. The van der Waals surface area contributed by atoms with Crippen LogP contribution in [0, 0.1) is 5.92 Å². The lowest BCUT2D eigenvalue weighted by Crippen LogP contribution is -2.07. The van der Waals surface area contributed by atoms with Gasteiger partial charge in [0.1, 0.15) is 10.7 Å². The van der Waals surface area contributed by atoms with Crippen molar-refractivity contribution >= 4 is 27.8 Å². The smallest absolute Gasteiger partial charge is 0.137 e. The van der Waals surface area contributed by atoms with Gasteiger partial charge in [-0.05, 0) is 30.5 Å². The molecule has 18 heavy (non-hydrogen) atoms. The first kappa shape index (κ1) is 11.8. The largest absolute Gasteiger partial charge is 0.338 e. The van der Waals surface area contributed by atoms with Gasteiger partial charge < -0.3 is 4.98 Å². The molecule has 1 N–H and O–H groups in total. The van der Waals surface area contributed by atoms with E-state index in [4.69, 9.17) is 4.99 Å². The number of H-pyrrole nitrogens is 1. The highest BCUT2D eigenvalue weighted by molar-refractivity contribution is 8.14. The van der Waals surface area contributed by atoms with Gasteiger partial charge in [-0.3, -0.25) is 4.99 Å². The molecule has 0 saturated heterocycles. The molecule has 3 heterocycles. The standard InChI is InChI=1S/C14H17N3S/c1-9(2)6-11-8-18-14(16-11)12-7-10-4-3-5-15-13(10)17-12/h3-5,7,9,11H,6,8H2,1-2H3,(H,15,17). The molecule has 0 fully saturated rings. The molecule has 0 radical (unpaired) electrons. The Morgan fingerprint density at radius 1 is 1.50 bits per heavy atom. The van der Waals surface area contributed by atoms with Crippen LogP contribution in [0.4, 0.5) is 0 Å². The molecule has 3 rings (SSSR count). The molecule has 1 aliphatic heterocycles. The molecule has 3 nitrogen and oxygen atoms in total. The minimum Gasteiger partial charge on any atom is -0.338 e. The first-order chi connectivity index (χ1) is 8.72. The van der Waals surface area contributed by atoms with Gasteiger partial charge in [0, 0.05) is 17.3 Å². The van der Waals surface area contributed by atoms with Crippen molar-refractivity contribution in [3.63, 3.8) is 0 Å². The van der Waals surface area contributed by atoms with Crippen LogP contribution in [-0.4, -0.2) is 26.8 Å². The summed E-state index contributed by atoms with van der Waals surface area (Å²) in [6.45, 7) is 4.51. The highest BCUT2D eigenvalue weighted by Crippen LogP contribution is 2.27. The maximum atomic E-state index is 4.81. The zero-order chi connectivity index (χ0) is 12.5. The lowest BCUT2D eigenvalue weighted by molar-refractivity contribution is 0.529. The summed E-state index contributed by atoms with van der Waals surface area (Å²) in [5.41, 5.74) is 2.06. The van der Waals surface area contributed by atoms with Crippen molar-refractivity contribution in [1.82, 2.24) is 9.97 Å². The molecule has 4 heteroatoms. The number of hydrogen-bond acceptors (Lipinski definition) is 3. The average molecular weight is 259 g/mol. The van der Waals surface area contributed by atoms with Crippen molar-refractivity contribution in [3.8, 4) is 0 Å². The number of nitrogens with zero attached hydrogens (tertiary/aromatic N) is 2. The fourth-order valence-electron chi connectivity index (χ4n) is 2.30. The minimum atomic E-state index is 0.476. The van der Waals surface area contributed by atoms with Crippen molar-refractivity contribution in [3.05, 3.63) is 30.1 Å². The lowest BCUT2D eigenvalue weighted by atomic mass is 10.1. The number of rotatable bonds is 3. The van der Waals surface area contributed by atoms with E-state index in [1.807, 2.05) is 24.0 Å². The van der Waals surface area contributed by atoms with Crippen molar-refractivity contribution in [2.75, 3.05) is 5.75 Å². The molecule has 94 valence electrons. The Morgan fingerprint density at radius 3 is 3.17 bits per heavy atom. The third-order valence-corrected chi connectivity index (χ3v) is 4.23. The molecule has 0 saturated carbocycles. The number of fused-ring (bicyclic) bond motifs is 1. The average Bonchev–Trinajstić information content (AvgIpc) is 2.93. The predicted molar refractivity (Wildman–Crippen MR) is 78.3 cm³/mol. The van der Waals surface area contributed by atoms with Crippen LogP contribution in [0.3, 0.4) is 0 Å². The second-order valence-corrected chi connectivity index (χ2v) is 6.16. The SMILES string of the molecule is CC(C)CC1CSC(c2cc3cccnc3[nH]2)=N1. The molecule has 0 bridgehead atoms. The molecule has 0 amide bonds. The second kappa shape index (κ2) is 4.76. The molecule has 1 atom stereocenters. The van der Waals surface area contributed by atoms with Gasteiger partial charge in [-0.1, -0.05) is 13.8 Å². The van der Waals surface area contributed by atoms with Crippen molar-refractivity contribution in [2.45, 2.75) is 26.3 Å². The number of pyridine rings is 1. The maximum absolute atomic E-state index is 4.81. The summed E-state index contributed by atoms with van der Waals surface area (Å²) in [6, 6.07) is 6.66. The number of aromatic nitrogens is 2. The van der Waals surface area contributed by atoms with E-state index in [0.717, 1.165) is 27.5 Å². The zero-order valence-corrected chi connectivity index (χ0v) is 11.5. The second-order valence-electron chi connectivity index (χ2n) is 5.15. The van der Waals surface area contributed by atoms with Gasteiger partial charge in [-0.2, -0.15) is 0 Å². The number of aliphatic imine (C=N–C) groups is 1. The Balaban J connectivity index is 1.86. The van der Waals surface area contributed by atoms with Crippen LogP contribution in [0.5, 0.6) is 0 Å². The van der Waals surface area contributed by atoms with E-state index in [1.165, 1.54) is 6.42 Å². The number of nitrogens with one attached hydrogen (secondary N) is 1. The van der Waals surface area contributed by atoms with E-state index in [0.29, 0.717) is 12.0 Å². The van der Waals surface area contributed by atoms with Crippen molar-refractivity contribution in [2.24, 2.45) is 10.9 Å². The summed E-state index contributed by atoms with van der Waals surface area (Å²) in [4.78, 5) is 12.5. The van der Waals surface area contributed by atoms with Crippen molar-refractivity contribution in [1.29, 1.82) is 0 Å². The summed E-state index contributed by atoms with van der Waals surface area (Å²) in [7, 11) is 0. The van der Waals surface area contributed by atoms with E-state index in [9.17, 15) is 0 Å². The van der Waals surface area contributed by atoms with Crippen LogP contribution in [-0.2, 0) is 0 Å². The number of aromatic amines is 1. The molecule has 2 aromatic rings. The number of hydrogen-bond donors (Lipinski definition) is 1. The highest BCUT2D eigenvalue weighted by atomic mass is 32.2. The molecule has 1 aliphatic rings. The zero-order valence-electron chi connectivity index (χ0n) is 10.7. The summed E-state index contributed by atoms with van der Waals surface area (Å²) in [5, 5.41) is 2.29. The molecule has 2 aromatic heterocycles. The normalized spacial score (nSPS) is 19.7. The fraction of sp³-hybridized carbons (Fsp3) is 0.429. The quantitative estimate of drug-likeness (QED) is 0.917. The molecule has 0 spiro atoms. The summed E-state index contributed by atoms with van der Waals surface area (Å²) < 4.78 is 0. The van der Waals surface area contributed by atoms with Gasteiger partial charge in [0.05, 0.1) is 11.7 Å². The van der Waals surface area contributed by atoms with Crippen LogP contribution >= 0.6 is 11.8 Å². The summed E-state index contributed by atoms with van der Waals surface area (Å²) in [5.74, 6) is 1.82. The topological polar surface area (TPSA) is 41.0 Å². The lowest BCUT2D eigenvalue weighted by Gasteiger charge is -2.07.